The van der Waals surface area contributed by atoms with Crippen LogP contribution in [0.25, 0.3) is 0 Å². The van der Waals surface area contributed by atoms with E-state index in [9.17, 15) is 28.8 Å². The van der Waals surface area contributed by atoms with Crippen LogP contribution in [0.4, 0.5) is 4.39 Å². The van der Waals surface area contributed by atoms with Gasteiger partial charge in [0, 0.05) is 5.92 Å². The summed E-state index contributed by atoms with van der Waals surface area (Å²) in [6, 6.07) is 7.45. The number of halogens is 1. The number of amides is 1. The van der Waals surface area contributed by atoms with Gasteiger partial charge in [-0.15, -0.1) is 0 Å². The summed E-state index contributed by atoms with van der Waals surface area (Å²) in [4.78, 5) is 48.7. The van der Waals surface area contributed by atoms with Crippen molar-refractivity contribution in [2.45, 2.75) is 26.2 Å². The molecule has 2 atom stereocenters. The Hall–Kier alpha value is -3.19. The average Bonchev–Trinajstić information content (AvgIpc) is 2.72. The van der Waals surface area contributed by atoms with E-state index in [1.165, 1.54) is 18.2 Å². The van der Waals surface area contributed by atoms with Crippen molar-refractivity contribution in [2.75, 3.05) is 19.0 Å². The standard InChI is InChI=1S/C21H21FN2O6S/c1-3-29-16(26)9-12(25)11-31-20-14(10-23)17(13-7-5-6-8-15(13)22)18(19(27)24-20)21(28)30-4-2/h5-8,17-18H,3-4,9,11H2,1-2H3,(H,24,27)/t17-,18+/m1/s1. The van der Waals surface area contributed by atoms with E-state index in [1.54, 1.807) is 13.8 Å². The molecule has 1 heterocycles. The van der Waals surface area contributed by atoms with E-state index in [2.05, 4.69) is 5.32 Å². The predicted octanol–water partition coefficient (Wildman–Crippen LogP) is 2.21. The summed E-state index contributed by atoms with van der Waals surface area (Å²) in [5.41, 5.74) is -0.0837. The number of carbonyl (C=O) groups excluding carboxylic acids is 4. The Morgan fingerprint density at radius 2 is 1.87 bits per heavy atom. The number of esters is 2. The number of ketones is 1. The second-order valence-corrected chi connectivity index (χ2v) is 7.37. The summed E-state index contributed by atoms with van der Waals surface area (Å²) in [6.07, 6.45) is -0.452. The van der Waals surface area contributed by atoms with Gasteiger partial charge in [-0.25, -0.2) is 4.39 Å². The molecular formula is C21H21FN2O6S. The highest BCUT2D eigenvalue weighted by Crippen LogP contribution is 2.41. The van der Waals surface area contributed by atoms with Gasteiger partial charge >= 0.3 is 11.9 Å². The second-order valence-electron chi connectivity index (χ2n) is 6.38. The molecule has 1 aliphatic rings. The number of carbonyl (C=O) groups is 4. The first-order valence-electron chi connectivity index (χ1n) is 9.50. The van der Waals surface area contributed by atoms with Crippen LogP contribution in [0.3, 0.4) is 0 Å². The van der Waals surface area contributed by atoms with Crippen molar-refractivity contribution in [3.8, 4) is 6.07 Å². The number of Topliss-reactive ketones (excluding diaryl/α,β-unsaturated/α-hetero) is 1. The number of thioether (sulfide) groups is 1. The van der Waals surface area contributed by atoms with E-state index in [1.807, 2.05) is 6.07 Å². The predicted molar refractivity (Wildman–Crippen MR) is 109 cm³/mol. The topological polar surface area (TPSA) is 123 Å². The molecule has 1 aromatic rings. The Bertz CT molecular complexity index is 955. The monoisotopic (exact) mass is 448 g/mol. The van der Waals surface area contributed by atoms with Crippen molar-refractivity contribution in [1.82, 2.24) is 5.32 Å². The number of ether oxygens (including phenoxy) is 2. The highest BCUT2D eigenvalue weighted by atomic mass is 32.2. The molecule has 1 aromatic carbocycles. The van der Waals surface area contributed by atoms with Gasteiger partial charge in [-0.3, -0.25) is 19.2 Å². The summed E-state index contributed by atoms with van der Waals surface area (Å²) in [5, 5.41) is 12.3. The fraction of sp³-hybridized carbons (Fsp3) is 0.381. The molecule has 1 amide bonds. The quantitative estimate of drug-likeness (QED) is 0.451. The SMILES string of the molecule is CCOC(=O)CC(=O)CSC1=C(C#N)[C@@H](c2ccccc2F)[C@H](C(=O)OCC)C(=O)N1. The van der Waals surface area contributed by atoms with Crippen molar-refractivity contribution < 1.29 is 33.0 Å². The molecular weight excluding hydrogens is 427 g/mol. The summed E-state index contributed by atoms with van der Waals surface area (Å²) in [6.45, 7) is 3.32. The summed E-state index contributed by atoms with van der Waals surface area (Å²) in [7, 11) is 0. The number of hydrogen-bond donors (Lipinski definition) is 1. The van der Waals surface area contributed by atoms with E-state index in [-0.39, 0.29) is 35.1 Å². The van der Waals surface area contributed by atoms with Crippen LogP contribution in [-0.4, -0.2) is 42.6 Å². The lowest BCUT2D eigenvalue weighted by molar-refractivity contribution is -0.153. The molecule has 31 heavy (non-hydrogen) atoms. The number of nitriles is 1. The summed E-state index contributed by atoms with van der Waals surface area (Å²) < 4.78 is 24.3. The average molecular weight is 448 g/mol. The van der Waals surface area contributed by atoms with E-state index >= 15 is 0 Å². The lowest BCUT2D eigenvalue weighted by atomic mass is 9.78. The largest absolute Gasteiger partial charge is 0.466 e. The molecule has 0 saturated heterocycles. The number of hydrogen-bond acceptors (Lipinski definition) is 8. The minimum absolute atomic E-state index is 0.00216. The first kappa shape index (κ1) is 24.1. The van der Waals surface area contributed by atoms with Crippen LogP contribution in [-0.2, 0) is 28.7 Å². The van der Waals surface area contributed by atoms with Gasteiger partial charge in [0.15, 0.2) is 5.78 Å². The van der Waals surface area contributed by atoms with Crippen molar-refractivity contribution in [3.05, 3.63) is 46.2 Å². The van der Waals surface area contributed by atoms with Crippen molar-refractivity contribution in [1.29, 1.82) is 5.26 Å². The number of rotatable bonds is 9. The third kappa shape index (κ3) is 5.92. The van der Waals surface area contributed by atoms with Crippen LogP contribution in [0.5, 0.6) is 0 Å². The zero-order chi connectivity index (χ0) is 23.0. The van der Waals surface area contributed by atoms with E-state index in [4.69, 9.17) is 9.47 Å². The third-order valence-electron chi connectivity index (χ3n) is 4.33. The molecule has 0 aromatic heterocycles. The van der Waals surface area contributed by atoms with Gasteiger partial charge in [0.05, 0.1) is 35.6 Å². The molecule has 1 aliphatic heterocycles. The fourth-order valence-corrected chi connectivity index (χ4v) is 3.97. The molecule has 0 unspecified atom stereocenters. The minimum Gasteiger partial charge on any atom is -0.466 e. The smallest absolute Gasteiger partial charge is 0.319 e. The maximum Gasteiger partial charge on any atom is 0.319 e. The lowest BCUT2D eigenvalue weighted by Crippen LogP contribution is -2.44. The van der Waals surface area contributed by atoms with Gasteiger partial charge in [0.1, 0.15) is 18.2 Å². The molecule has 0 aliphatic carbocycles. The Balaban J connectivity index is 2.40. The summed E-state index contributed by atoms with van der Waals surface area (Å²) in [5.74, 6) is -6.42. The normalized spacial score (nSPS) is 18.1. The molecule has 8 nitrogen and oxygen atoms in total. The van der Waals surface area contributed by atoms with Crippen molar-refractivity contribution in [3.63, 3.8) is 0 Å². The molecule has 164 valence electrons. The number of nitrogens with zero attached hydrogens (tertiary/aromatic N) is 1. The van der Waals surface area contributed by atoms with Crippen LogP contribution in [0.15, 0.2) is 34.9 Å². The molecule has 1 N–H and O–H groups in total. The summed E-state index contributed by atoms with van der Waals surface area (Å²) >= 11 is 0.827. The van der Waals surface area contributed by atoms with Gasteiger partial charge in [0.2, 0.25) is 5.91 Å². The van der Waals surface area contributed by atoms with Crippen LogP contribution in [0.2, 0.25) is 0 Å². The molecule has 0 spiro atoms. The molecule has 0 fully saturated rings. The van der Waals surface area contributed by atoms with E-state index in [0.717, 1.165) is 17.8 Å². The van der Waals surface area contributed by atoms with Gasteiger partial charge in [-0.1, -0.05) is 30.0 Å². The molecule has 0 saturated carbocycles. The Morgan fingerprint density at radius 3 is 2.48 bits per heavy atom. The van der Waals surface area contributed by atoms with Crippen molar-refractivity contribution >= 4 is 35.4 Å². The second kappa shape index (κ2) is 11.3. The van der Waals surface area contributed by atoms with Crippen molar-refractivity contribution in [2.24, 2.45) is 5.92 Å². The molecule has 2 rings (SSSR count). The fourth-order valence-electron chi connectivity index (χ4n) is 3.06. The molecule has 10 heteroatoms. The number of benzene rings is 1. The van der Waals surface area contributed by atoms with Crippen LogP contribution < -0.4 is 5.32 Å². The highest BCUT2D eigenvalue weighted by Gasteiger charge is 2.45. The maximum atomic E-state index is 14.6. The van der Waals surface area contributed by atoms with Gasteiger partial charge < -0.3 is 14.8 Å². The first-order chi connectivity index (χ1) is 14.8. The van der Waals surface area contributed by atoms with Gasteiger partial charge in [-0.05, 0) is 25.5 Å². The van der Waals surface area contributed by atoms with Crippen LogP contribution >= 0.6 is 11.8 Å². The number of allylic oxidation sites excluding steroid dienone is 1. The Labute approximate surface area is 182 Å². The Morgan fingerprint density at radius 1 is 1.19 bits per heavy atom. The van der Waals surface area contributed by atoms with E-state index < -0.39 is 47.7 Å². The van der Waals surface area contributed by atoms with Gasteiger partial charge in [0.25, 0.3) is 0 Å². The van der Waals surface area contributed by atoms with Crippen LogP contribution in [0.1, 0.15) is 31.7 Å². The highest BCUT2D eigenvalue weighted by molar-refractivity contribution is 8.03. The third-order valence-corrected chi connectivity index (χ3v) is 5.41. The Kier molecular flexibility index (Phi) is 8.75. The molecule has 0 bridgehead atoms. The van der Waals surface area contributed by atoms with Gasteiger partial charge in [-0.2, -0.15) is 5.26 Å². The first-order valence-corrected chi connectivity index (χ1v) is 10.5. The lowest BCUT2D eigenvalue weighted by Gasteiger charge is -2.31. The number of nitrogens with one attached hydrogen (secondary N) is 1. The zero-order valence-corrected chi connectivity index (χ0v) is 17.8. The molecule has 0 radical (unpaired) electrons. The van der Waals surface area contributed by atoms with E-state index in [0.29, 0.717) is 0 Å². The van der Waals surface area contributed by atoms with Crippen LogP contribution in [0, 0.1) is 23.1 Å². The maximum absolute atomic E-state index is 14.6. The minimum atomic E-state index is -1.47. The zero-order valence-electron chi connectivity index (χ0n) is 17.0.